The van der Waals surface area contributed by atoms with Crippen molar-refractivity contribution in [1.82, 2.24) is 25.8 Å². The third kappa shape index (κ3) is 9.25. The number of nitrogens with two attached hydrogens (primary N) is 1. The smallest absolute Gasteiger partial charge is 0.123 e. The number of halogens is 1. The molecule has 1 aromatic rings. The van der Waals surface area contributed by atoms with Crippen molar-refractivity contribution in [3.05, 3.63) is 83.6 Å². The molecule has 7 nitrogen and oxygen atoms in total. The number of allylic oxidation sites excluding steroid dienone is 2. The summed E-state index contributed by atoms with van der Waals surface area (Å²) in [4.78, 5) is 4.53. The molecule has 1 aromatic carbocycles. The van der Waals surface area contributed by atoms with E-state index < -0.39 is 0 Å². The predicted molar refractivity (Wildman–Crippen MR) is 161 cm³/mol. The molecule has 2 atom stereocenters. The van der Waals surface area contributed by atoms with E-state index in [-0.39, 0.29) is 18.0 Å². The van der Waals surface area contributed by atoms with Crippen molar-refractivity contribution >= 4 is 5.84 Å². The van der Waals surface area contributed by atoms with Crippen LogP contribution in [0.3, 0.4) is 0 Å². The van der Waals surface area contributed by atoms with E-state index in [0.717, 1.165) is 68.3 Å². The van der Waals surface area contributed by atoms with Crippen LogP contribution >= 0.6 is 0 Å². The average molecular weight is 538 g/mol. The van der Waals surface area contributed by atoms with Gasteiger partial charge in [0, 0.05) is 46.0 Å². The lowest BCUT2D eigenvalue weighted by Gasteiger charge is -2.26. The average Bonchev–Trinajstić information content (AvgIpc) is 3.62. The maximum absolute atomic E-state index is 13.7. The van der Waals surface area contributed by atoms with E-state index in [2.05, 4.69) is 57.8 Å². The van der Waals surface area contributed by atoms with Crippen LogP contribution in [0.1, 0.15) is 57.6 Å². The van der Waals surface area contributed by atoms with Gasteiger partial charge in [0.2, 0.25) is 0 Å². The lowest BCUT2D eigenvalue weighted by atomic mass is 10.0. The molecule has 8 heteroatoms. The van der Waals surface area contributed by atoms with Gasteiger partial charge in [0.1, 0.15) is 17.8 Å². The Labute approximate surface area is 234 Å². The number of nitrogens with zero attached hydrogens (tertiary/aromatic N) is 2. The van der Waals surface area contributed by atoms with Gasteiger partial charge in [-0.25, -0.2) is 4.39 Å². The Morgan fingerprint density at radius 2 is 2.13 bits per heavy atom. The molecule has 214 valence electrons. The van der Waals surface area contributed by atoms with Gasteiger partial charge in [-0.1, -0.05) is 51.0 Å². The summed E-state index contributed by atoms with van der Waals surface area (Å²) in [6.45, 7) is 9.12. The first-order chi connectivity index (χ1) is 19.0. The number of rotatable bonds is 15. The van der Waals surface area contributed by atoms with Crippen molar-refractivity contribution in [3.63, 3.8) is 0 Å². The molecule has 0 radical (unpaired) electrons. The Morgan fingerprint density at radius 3 is 2.85 bits per heavy atom. The molecule has 3 rings (SSSR count). The van der Waals surface area contributed by atoms with E-state index in [4.69, 9.17) is 11.1 Å². The molecule has 0 aromatic heterocycles. The van der Waals surface area contributed by atoms with E-state index in [1.165, 1.54) is 18.9 Å². The van der Waals surface area contributed by atoms with Crippen LogP contribution in [0.25, 0.3) is 0 Å². The quantitative estimate of drug-likeness (QED) is 0.128. The number of likely N-dealkylation sites (tertiary alicyclic amines) is 1. The van der Waals surface area contributed by atoms with Gasteiger partial charge in [0.25, 0.3) is 0 Å². The van der Waals surface area contributed by atoms with E-state index in [9.17, 15) is 4.39 Å². The molecule has 0 saturated carbocycles. The summed E-state index contributed by atoms with van der Waals surface area (Å²) in [5, 5.41) is 18.7. The number of likely N-dealkylation sites (N-methyl/N-ethyl adjacent to an activating group) is 1. The molecular formula is C31H48FN7. The number of benzene rings is 1. The molecule has 2 unspecified atom stereocenters. The van der Waals surface area contributed by atoms with E-state index in [1.807, 2.05) is 31.5 Å². The predicted octanol–water partition coefficient (Wildman–Crippen LogP) is 4.60. The first kappa shape index (κ1) is 30.4. The van der Waals surface area contributed by atoms with Crippen molar-refractivity contribution in [1.29, 1.82) is 5.41 Å². The number of hydrogen-bond donors (Lipinski definition) is 5. The summed E-state index contributed by atoms with van der Waals surface area (Å²) in [6.07, 6.45) is 17.4. The Bertz CT molecular complexity index is 1030. The molecule has 0 amide bonds. The molecule has 1 fully saturated rings. The van der Waals surface area contributed by atoms with Gasteiger partial charge in [0.15, 0.2) is 0 Å². The van der Waals surface area contributed by atoms with E-state index in [1.54, 1.807) is 12.1 Å². The highest BCUT2D eigenvalue weighted by molar-refractivity contribution is 5.90. The SMILES string of the molecule is CCC(CC)CN(CCN)CC/C=C\C=C(/NC)C1=CNC(/C=C\C(=N)N2CCCC2c2cccc(F)c2)N1. The maximum atomic E-state index is 13.7. The number of amidine groups is 1. The zero-order chi connectivity index (χ0) is 28.0. The fraction of sp³-hybridized carbons (Fsp3) is 0.516. The van der Waals surface area contributed by atoms with Crippen molar-refractivity contribution in [2.75, 3.05) is 39.8 Å². The van der Waals surface area contributed by atoms with Crippen LogP contribution in [0.5, 0.6) is 0 Å². The summed E-state index contributed by atoms with van der Waals surface area (Å²) in [5.41, 5.74) is 8.73. The minimum Gasteiger partial charge on any atom is -0.386 e. The molecule has 2 heterocycles. The summed E-state index contributed by atoms with van der Waals surface area (Å²) in [6, 6.07) is 6.79. The molecular weight excluding hydrogens is 489 g/mol. The van der Waals surface area contributed by atoms with Gasteiger partial charge in [0.05, 0.1) is 17.4 Å². The Hall–Kier alpha value is -3.10. The van der Waals surface area contributed by atoms with Crippen LogP contribution < -0.4 is 21.7 Å². The van der Waals surface area contributed by atoms with Crippen molar-refractivity contribution in [2.24, 2.45) is 11.7 Å². The summed E-state index contributed by atoms with van der Waals surface area (Å²) in [5.74, 6) is 0.951. The zero-order valence-corrected chi connectivity index (χ0v) is 23.9. The largest absolute Gasteiger partial charge is 0.386 e. The zero-order valence-electron chi connectivity index (χ0n) is 23.9. The summed E-state index contributed by atoms with van der Waals surface area (Å²) >= 11 is 0. The van der Waals surface area contributed by atoms with Crippen molar-refractivity contribution < 1.29 is 4.39 Å². The third-order valence-corrected chi connectivity index (χ3v) is 7.65. The van der Waals surface area contributed by atoms with Gasteiger partial charge in [-0.15, -0.1) is 0 Å². The molecule has 6 N–H and O–H groups in total. The van der Waals surface area contributed by atoms with E-state index >= 15 is 0 Å². The monoisotopic (exact) mass is 537 g/mol. The third-order valence-electron chi connectivity index (χ3n) is 7.65. The molecule has 1 saturated heterocycles. The first-order valence-corrected chi connectivity index (χ1v) is 14.5. The minimum absolute atomic E-state index is 0.0451. The second-order valence-electron chi connectivity index (χ2n) is 10.3. The number of hydrogen-bond acceptors (Lipinski definition) is 6. The summed E-state index contributed by atoms with van der Waals surface area (Å²) < 4.78 is 13.7. The van der Waals surface area contributed by atoms with Gasteiger partial charge in [-0.05, 0) is 61.1 Å². The highest BCUT2D eigenvalue weighted by Crippen LogP contribution is 2.32. The Morgan fingerprint density at radius 1 is 1.31 bits per heavy atom. The number of nitrogens with one attached hydrogen (secondary N) is 4. The highest BCUT2D eigenvalue weighted by atomic mass is 19.1. The molecule has 0 bridgehead atoms. The van der Waals surface area contributed by atoms with Crippen molar-refractivity contribution in [2.45, 2.75) is 58.2 Å². The summed E-state index contributed by atoms with van der Waals surface area (Å²) in [7, 11) is 1.92. The Balaban J connectivity index is 1.49. The topological polar surface area (TPSA) is 92.4 Å². The maximum Gasteiger partial charge on any atom is 0.123 e. The van der Waals surface area contributed by atoms with Crippen LogP contribution in [0, 0.1) is 17.1 Å². The minimum atomic E-state index is -0.228. The normalized spacial score (nSPS) is 19.8. The van der Waals surface area contributed by atoms with Crippen LogP contribution in [-0.2, 0) is 0 Å². The molecule has 39 heavy (non-hydrogen) atoms. The second kappa shape index (κ2) is 16.1. The van der Waals surface area contributed by atoms with Crippen molar-refractivity contribution in [3.8, 4) is 0 Å². The van der Waals surface area contributed by atoms with Gasteiger partial charge < -0.3 is 31.5 Å². The van der Waals surface area contributed by atoms with Gasteiger partial charge in [-0.3, -0.25) is 5.41 Å². The van der Waals surface area contributed by atoms with Gasteiger partial charge >= 0.3 is 0 Å². The van der Waals surface area contributed by atoms with Gasteiger partial charge in [-0.2, -0.15) is 0 Å². The Kier molecular flexibility index (Phi) is 12.6. The standard InChI is InChI=1S/C31H48FN7/c1-4-24(5-2)23-38(20-17-33)18-8-6-7-13-27(35-3)28-22-36-31(37-28)16-15-30(34)39-19-10-14-29(39)25-11-9-12-26(32)21-25/h6-7,9,11-13,15-16,21-22,24,29,31,34-37H,4-5,8,10,14,17-20,23,33H2,1-3H3/b7-6-,16-15-,27-13-,34-30?. The lowest BCUT2D eigenvalue weighted by Crippen LogP contribution is -2.34. The molecule has 0 spiro atoms. The first-order valence-electron chi connectivity index (χ1n) is 14.5. The molecule has 2 aliphatic rings. The van der Waals surface area contributed by atoms with Crippen LogP contribution in [0.2, 0.25) is 0 Å². The van der Waals surface area contributed by atoms with Crippen LogP contribution in [-0.4, -0.2) is 61.6 Å². The fourth-order valence-corrected chi connectivity index (χ4v) is 5.30. The van der Waals surface area contributed by atoms with Crippen LogP contribution in [0.4, 0.5) is 4.39 Å². The van der Waals surface area contributed by atoms with E-state index in [0.29, 0.717) is 12.4 Å². The molecule has 2 aliphatic heterocycles. The molecule has 0 aliphatic carbocycles. The highest BCUT2D eigenvalue weighted by Gasteiger charge is 2.27. The second-order valence-corrected chi connectivity index (χ2v) is 10.3. The lowest BCUT2D eigenvalue weighted by molar-refractivity contribution is 0.232. The fourth-order valence-electron chi connectivity index (χ4n) is 5.30. The van der Waals surface area contributed by atoms with Crippen LogP contribution in [0.15, 0.2) is 72.2 Å².